The lowest BCUT2D eigenvalue weighted by atomic mass is 9.98. The van der Waals surface area contributed by atoms with Gasteiger partial charge in [0.15, 0.2) is 5.69 Å². The number of aromatic carboxylic acids is 1. The molecule has 0 bridgehead atoms. The monoisotopic (exact) mass is 282 g/mol. The number of nitrogens with zero attached hydrogens (tertiary/aromatic N) is 4. The number of carboxylic acid groups (broad SMARTS) is 1. The van der Waals surface area contributed by atoms with Gasteiger partial charge >= 0.3 is 5.97 Å². The number of hydrogen-bond acceptors (Lipinski definition) is 5. The number of carbonyl (C=O) groups excluding carboxylic acids is 1. The third-order valence-electron chi connectivity index (χ3n) is 3.47. The molecule has 1 saturated heterocycles. The van der Waals surface area contributed by atoms with E-state index in [1.165, 1.54) is 10.9 Å². The van der Waals surface area contributed by atoms with E-state index in [-0.39, 0.29) is 18.1 Å². The highest BCUT2D eigenvalue weighted by atomic mass is 16.4. The van der Waals surface area contributed by atoms with Crippen LogP contribution in [0, 0.1) is 0 Å². The highest BCUT2D eigenvalue weighted by Crippen LogP contribution is 2.21. The molecule has 1 atom stereocenters. The van der Waals surface area contributed by atoms with Crippen molar-refractivity contribution in [3.05, 3.63) is 11.9 Å². The van der Waals surface area contributed by atoms with Crippen LogP contribution in [0.2, 0.25) is 0 Å². The van der Waals surface area contributed by atoms with Gasteiger partial charge in [-0.2, -0.15) is 0 Å². The molecule has 1 unspecified atom stereocenters. The molecule has 8 heteroatoms. The third-order valence-corrected chi connectivity index (χ3v) is 3.47. The van der Waals surface area contributed by atoms with Crippen LogP contribution in [0.4, 0.5) is 0 Å². The third kappa shape index (κ3) is 3.53. The fourth-order valence-corrected chi connectivity index (χ4v) is 2.23. The second-order valence-corrected chi connectivity index (χ2v) is 5.34. The van der Waals surface area contributed by atoms with Crippen LogP contribution in [0.1, 0.15) is 36.7 Å². The van der Waals surface area contributed by atoms with Crippen LogP contribution in [0.3, 0.4) is 0 Å². The molecule has 8 nitrogen and oxygen atoms in total. The Kier molecular flexibility index (Phi) is 4.03. The van der Waals surface area contributed by atoms with E-state index >= 15 is 0 Å². The van der Waals surface area contributed by atoms with Gasteiger partial charge in [-0.3, -0.25) is 4.79 Å². The second kappa shape index (κ2) is 5.58. The Morgan fingerprint density at radius 1 is 1.40 bits per heavy atom. The van der Waals surface area contributed by atoms with Crippen molar-refractivity contribution in [1.82, 2.24) is 19.9 Å². The van der Waals surface area contributed by atoms with Crippen LogP contribution in [-0.2, 0) is 11.3 Å². The average molecular weight is 282 g/mol. The summed E-state index contributed by atoms with van der Waals surface area (Å²) in [6.45, 7) is 2.82. The molecular formula is C12H18N4O4. The van der Waals surface area contributed by atoms with Crippen LogP contribution < -0.4 is 0 Å². The van der Waals surface area contributed by atoms with Crippen molar-refractivity contribution in [3.63, 3.8) is 0 Å². The lowest BCUT2D eigenvalue weighted by molar-refractivity contribution is -0.132. The molecule has 1 fully saturated rings. The van der Waals surface area contributed by atoms with Gasteiger partial charge in [-0.05, 0) is 26.2 Å². The molecule has 1 aromatic rings. The fourth-order valence-electron chi connectivity index (χ4n) is 2.23. The molecule has 0 aromatic carbocycles. The van der Waals surface area contributed by atoms with Crippen LogP contribution in [0.5, 0.6) is 0 Å². The Bertz CT molecular complexity index is 511. The fraction of sp³-hybridized carbons (Fsp3) is 0.667. The van der Waals surface area contributed by atoms with Crippen molar-refractivity contribution in [2.24, 2.45) is 0 Å². The summed E-state index contributed by atoms with van der Waals surface area (Å²) in [5, 5.41) is 25.8. The Hall–Kier alpha value is -1.96. The van der Waals surface area contributed by atoms with Crippen molar-refractivity contribution < 1.29 is 19.8 Å². The average Bonchev–Trinajstić information content (AvgIpc) is 2.74. The number of carboxylic acids is 1. The maximum absolute atomic E-state index is 12.1. The van der Waals surface area contributed by atoms with E-state index in [0.29, 0.717) is 25.9 Å². The first-order valence-corrected chi connectivity index (χ1v) is 6.51. The van der Waals surface area contributed by atoms with Gasteiger partial charge in [0.2, 0.25) is 5.91 Å². The van der Waals surface area contributed by atoms with Gasteiger partial charge in [-0.1, -0.05) is 5.21 Å². The van der Waals surface area contributed by atoms with E-state index in [1.54, 1.807) is 11.8 Å². The van der Waals surface area contributed by atoms with Crippen LogP contribution in [0.15, 0.2) is 6.20 Å². The molecular weight excluding hydrogens is 264 g/mol. The van der Waals surface area contributed by atoms with Gasteiger partial charge in [0.1, 0.15) is 6.54 Å². The number of hydrogen-bond donors (Lipinski definition) is 2. The first-order valence-electron chi connectivity index (χ1n) is 6.51. The lowest BCUT2D eigenvalue weighted by Crippen LogP contribution is -2.35. The van der Waals surface area contributed by atoms with Gasteiger partial charge in [0, 0.05) is 13.1 Å². The number of aliphatic hydroxyl groups is 1. The highest BCUT2D eigenvalue weighted by molar-refractivity contribution is 5.84. The normalized spacial score (nSPS) is 23.4. The van der Waals surface area contributed by atoms with E-state index in [0.717, 1.165) is 6.42 Å². The molecule has 2 heterocycles. The number of aromatic nitrogens is 3. The van der Waals surface area contributed by atoms with Crippen LogP contribution in [0.25, 0.3) is 0 Å². The summed E-state index contributed by atoms with van der Waals surface area (Å²) in [6.07, 6.45) is 3.18. The number of carbonyl (C=O) groups is 2. The number of rotatable bonds is 3. The number of amides is 1. The Morgan fingerprint density at radius 3 is 2.80 bits per heavy atom. The van der Waals surface area contributed by atoms with E-state index in [9.17, 15) is 14.7 Å². The minimum Gasteiger partial charge on any atom is -0.476 e. The van der Waals surface area contributed by atoms with Crippen molar-refractivity contribution in [3.8, 4) is 0 Å². The Balaban J connectivity index is 1.95. The summed E-state index contributed by atoms with van der Waals surface area (Å²) in [4.78, 5) is 24.5. The van der Waals surface area contributed by atoms with Gasteiger partial charge in [-0.25, -0.2) is 9.48 Å². The molecule has 0 aliphatic carbocycles. The van der Waals surface area contributed by atoms with Crippen LogP contribution >= 0.6 is 0 Å². The maximum atomic E-state index is 12.1. The first kappa shape index (κ1) is 14.4. The van der Waals surface area contributed by atoms with E-state index in [4.69, 9.17) is 5.11 Å². The summed E-state index contributed by atoms with van der Waals surface area (Å²) >= 11 is 0. The van der Waals surface area contributed by atoms with Crippen molar-refractivity contribution in [2.75, 3.05) is 13.1 Å². The van der Waals surface area contributed by atoms with E-state index in [2.05, 4.69) is 10.3 Å². The van der Waals surface area contributed by atoms with Gasteiger partial charge < -0.3 is 15.1 Å². The van der Waals surface area contributed by atoms with Crippen molar-refractivity contribution in [2.45, 2.75) is 38.3 Å². The molecule has 1 amide bonds. The molecule has 110 valence electrons. The Morgan fingerprint density at radius 2 is 2.15 bits per heavy atom. The highest BCUT2D eigenvalue weighted by Gasteiger charge is 2.27. The minimum atomic E-state index is -1.17. The molecule has 1 aliphatic heterocycles. The zero-order valence-corrected chi connectivity index (χ0v) is 11.3. The summed E-state index contributed by atoms with van der Waals surface area (Å²) in [5.74, 6) is -1.32. The minimum absolute atomic E-state index is 0.0393. The van der Waals surface area contributed by atoms with E-state index < -0.39 is 11.6 Å². The first-order chi connectivity index (χ1) is 9.37. The molecule has 20 heavy (non-hydrogen) atoms. The second-order valence-electron chi connectivity index (χ2n) is 5.34. The summed E-state index contributed by atoms with van der Waals surface area (Å²) in [6, 6.07) is 0. The van der Waals surface area contributed by atoms with Crippen molar-refractivity contribution in [1.29, 1.82) is 0 Å². The zero-order chi connectivity index (χ0) is 14.8. The standard InChI is InChI=1S/C12H18N4O4/c1-12(20)3-2-5-15(6-4-12)10(17)8-16-7-9(11(18)19)13-14-16/h7,20H,2-6,8H2,1H3,(H,18,19). The molecule has 2 rings (SSSR count). The topological polar surface area (TPSA) is 109 Å². The summed E-state index contributed by atoms with van der Waals surface area (Å²) in [5.41, 5.74) is -0.907. The largest absolute Gasteiger partial charge is 0.476 e. The van der Waals surface area contributed by atoms with Crippen LogP contribution in [-0.4, -0.2) is 60.7 Å². The summed E-state index contributed by atoms with van der Waals surface area (Å²) in [7, 11) is 0. The predicted molar refractivity (Wildman–Crippen MR) is 68.0 cm³/mol. The Labute approximate surface area is 116 Å². The SMILES string of the molecule is CC1(O)CCCN(C(=O)Cn2cc(C(=O)O)nn2)CC1. The van der Waals surface area contributed by atoms with E-state index in [1.807, 2.05) is 0 Å². The molecule has 1 aromatic heterocycles. The lowest BCUT2D eigenvalue weighted by Gasteiger charge is -2.22. The molecule has 0 spiro atoms. The zero-order valence-electron chi connectivity index (χ0n) is 11.3. The smallest absolute Gasteiger partial charge is 0.358 e. The molecule has 0 saturated carbocycles. The molecule has 2 N–H and O–H groups in total. The quantitative estimate of drug-likeness (QED) is 0.790. The van der Waals surface area contributed by atoms with Crippen molar-refractivity contribution >= 4 is 11.9 Å². The number of likely N-dealkylation sites (tertiary alicyclic amines) is 1. The maximum Gasteiger partial charge on any atom is 0.358 e. The predicted octanol–water partition coefficient (Wildman–Crippen LogP) is -0.260. The van der Waals surface area contributed by atoms with Gasteiger partial charge in [0.25, 0.3) is 0 Å². The molecule has 1 aliphatic rings. The summed E-state index contributed by atoms with van der Waals surface area (Å²) < 4.78 is 1.22. The van der Waals surface area contributed by atoms with Gasteiger partial charge in [-0.15, -0.1) is 5.10 Å². The molecule has 0 radical (unpaired) electrons. The van der Waals surface area contributed by atoms with Gasteiger partial charge in [0.05, 0.1) is 11.8 Å².